The van der Waals surface area contributed by atoms with Crippen LogP contribution in [0.4, 0.5) is 0 Å². The molecule has 12 heavy (non-hydrogen) atoms. The van der Waals surface area contributed by atoms with Gasteiger partial charge in [0.15, 0.2) is 0 Å². The van der Waals surface area contributed by atoms with Crippen LogP contribution in [-0.2, 0) is 14.5 Å². The van der Waals surface area contributed by atoms with Gasteiger partial charge in [-0.3, -0.25) is 5.26 Å². The first-order valence-corrected chi connectivity index (χ1v) is 3.69. The topological polar surface area (TPSA) is 73.9 Å². The Hall–Kier alpha value is -0.135. The fourth-order valence-corrected chi connectivity index (χ4v) is 0.695. The predicted molar refractivity (Wildman–Crippen MR) is 43.4 cm³/mol. The molecule has 3 N–H and O–H groups in total. The Morgan fingerprint density at radius 2 is 2.25 bits per heavy atom. The molecule has 0 rings (SSSR count). The molecule has 0 aromatic carbocycles. The first-order chi connectivity index (χ1) is 5.70. The molecule has 0 amide bonds. The third-order valence-electron chi connectivity index (χ3n) is 1.24. The molecule has 0 bridgehead atoms. The second kappa shape index (κ2) is 7.51. The molecule has 70 valence electrons. The Bertz CT molecular complexity index is 106. The van der Waals surface area contributed by atoms with Crippen LogP contribution >= 0.6 is 0 Å². The van der Waals surface area contributed by atoms with E-state index in [1.807, 2.05) is 0 Å². The summed E-state index contributed by atoms with van der Waals surface area (Å²) in [7, 11) is 5.50. The normalized spacial score (nSPS) is 15.9. The zero-order valence-electron chi connectivity index (χ0n) is 7.10. The van der Waals surface area contributed by atoms with Crippen LogP contribution in [0.5, 0.6) is 0 Å². The maximum Gasteiger partial charge on any atom is 0.109 e. The Kier molecular flexibility index (Phi) is 7.43. The zero-order chi connectivity index (χ0) is 9.40. The molecule has 0 fully saturated rings. The number of ether oxygens (including phenoxy) is 1. The lowest BCUT2D eigenvalue weighted by atomic mass is 9.97. The molecule has 0 unspecified atom stereocenters. The predicted octanol–water partition coefficient (Wildman–Crippen LogP) is -0.344. The SMILES string of the molecule is [B][C@@H](CCON)O[C@@H](C)COO. The zero-order valence-corrected chi connectivity index (χ0v) is 7.10. The molecule has 0 heterocycles. The van der Waals surface area contributed by atoms with E-state index in [1.54, 1.807) is 6.92 Å². The molecular weight excluding hydrogens is 161 g/mol. The van der Waals surface area contributed by atoms with Gasteiger partial charge < -0.3 is 9.57 Å². The van der Waals surface area contributed by atoms with E-state index < -0.39 is 6.00 Å². The molecule has 2 radical (unpaired) electrons. The molecule has 2 atom stereocenters. The third kappa shape index (κ3) is 6.57. The van der Waals surface area contributed by atoms with Gasteiger partial charge in [0.05, 0.1) is 12.7 Å². The molecule has 5 nitrogen and oxygen atoms in total. The van der Waals surface area contributed by atoms with Gasteiger partial charge in [-0.2, -0.15) is 0 Å². The van der Waals surface area contributed by atoms with Crippen LogP contribution < -0.4 is 5.90 Å². The number of hydrogen-bond acceptors (Lipinski definition) is 5. The second-order valence-corrected chi connectivity index (χ2v) is 2.44. The van der Waals surface area contributed by atoms with Gasteiger partial charge >= 0.3 is 0 Å². The minimum absolute atomic E-state index is 0.0944. The Labute approximate surface area is 73.1 Å². The lowest BCUT2D eigenvalue weighted by Crippen LogP contribution is -2.25. The first-order valence-electron chi connectivity index (χ1n) is 3.69. The van der Waals surface area contributed by atoms with Crippen molar-refractivity contribution in [2.45, 2.75) is 25.5 Å². The van der Waals surface area contributed by atoms with Gasteiger partial charge in [0.1, 0.15) is 14.5 Å². The Morgan fingerprint density at radius 1 is 1.58 bits per heavy atom. The van der Waals surface area contributed by atoms with Crippen LogP contribution in [0.15, 0.2) is 0 Å². The highest BCUT2D eigenvalue weighted by Gasteiger charge is 2.07. The molecule has 0 aliphatic heterocycles. The van der Waals surface area contributed by atoms with E-state index in [-0.39, 0.29) is 12.7 Å². The second-order valence-electron chi connectivity index (χ2n) is 2.44. The fourth-order valence-electron chi connectivity index (χ4n) is 0.695. The van der Waals surface area contributed by atoms with Gasteiger partial charge in [-0.15, -0.1) is 0 Å². The van der Waals surface area contributed by atoms with Crippen molar-refractivity contribution in [3.05, 3.63) is 0 Å². The van der Waals surface area contributed by atoms with Crippen molar-refractivity contribution in [2.75, 3.05) is 13.2 Å². The van der Waals surface area contributed by atoms with Crippen molar-refractivity contribution in [3.63, 3.8) is 0 Å². The van der Waals surface area contributed by atoms with Crippen LogP contribution in [-0.4, -0.2) is 38.4 Å². The lowest BCUT2D eigenvalue weighted by Gasteiger charge is -2.17. The molecule has 0 saturated heterocycles. The van der Waals surface area contributed by atoms with Gasteiger partial charge in [-0.1, -0.05) is 0 Å². The van der Waals surface area contributed by atoms with Crippen LogP contribution in [0.2, 0.25) is 0 Å². The number of nitrogens with two attached hydrogens (primary N) is 1. The quantitative estimate of drug-likeness (QED) is 0.314. The minimum Gasteiger partial charge on any atom is -0.382 e. The van der Waals surface area contributed by atoms with Crippen LogP contribution in [0, 0.1) is 0 Å². The Morgan fingerprint density at radius 3 is 2.75 bits per heavy atom. The summed E-state index contributed by atoms with van der Waals surface area (Å²) in [5, 5.41) is 8.06. The van der Waals surface area contributed by atoms with Crippen molar-refractivity contribution in [1.82, 2.24) is 0 Å². The first kappa shape index (κ1) is 11.9. The van der Waals surface area contributed by atoms with Gasteiger partial charge in [-0.25, -0.2) is 10.8 Å². The molecule has 0 aliphatic rings. The van der Waals surface area contributed by atoms with Gasteiger partial charge in [-0.05, 0) is 13.3 Å². The molecule has 6 heteroatoms. The maximum atomic E-state index is 8.06. The van der Waals surface area contributed by atoms with E-state index in [1.165, 1.54) is 0 Å². The summed E-state index contributed by atoms with van der Waals surface area (Å²) in [5.41, 5.74) is 0. The monoisotopic (exact) mass is 175 g/mol. The smallest absolute Gasteiger partial charge is 0.109 e. The van der Waals surface area contributed by atoms with E-state index in [0.29, 0.717) is 13.0 Å². The number of rotatable bonds is 7. The molecule has 0 aromatic heterocycles. The standard InChI is InChI=1S/C6H14BNO4/c1-5(4-11-9)12-6(7)2-3-10-8/h5-6,9H,2-4,8H2,1H3/t5-,6+/m0/s1. The van der Waals surface area contributed by atoms with Crippen molar-refractivity contribution < 1.29 is 19.7 Å². The maximum absolute atomic E-state index is 8.06. The molecule has 0 aromatic rings. The van der Waals surface area contributed by atoms with E-state index >= 15 is 0 Å². The summed E-state index contributed by atoms with van der Waals surface area (Å²) in [6, 6.07) is -0.446. The Balaban J connectivity index is 3.33. The molecule has 0 saturated carbocycles. The van der Waals surface area contributed by atoms with Crippen LogP contribution in [0.3, 0.4) is 0 Å². The number of hydrogen-bond donors (Lipinski definition) is 2. The lowest BCUT2D eigenvalue weighted by molar-refractivity contribution is -0.260. The van der Waals surface area contributed by atoms with E-state index in [2.05, 4.69) is 9.73 Å². The van der Waals surface area contributed by atoms with Crippen molar-refractivity contribution >= 4 is 7.85 Å². The van der Waals surface area contributed by atoms with Crippen molar-refractivity contribution in [1.29, 1.82) is 0 Å². The van der Waals surface area contributed by atoms with E-state index in [4.69, 9.17) is 23.7 Å². The van der Waals surface area contributed by atoms with Crippen LogP contribution in [0.25, 0.3) is 0 Å². The summed E-state index contributed by atoms with van der Waals surface area (Å²) in [6.45, 7) is 2.17. The van der Waals surface area contributed by atoms with E-state index in [9.17, 15) is 0 Å². The summed E-state index contributed by atoms with van der Waals surface area (Å²) < 4.78 is 5.15. The van der Waals surface area contributed by atoms with Crippen molar-refractivity contribution in [2.24, 2.45) is 5.90 Å². The fraction of sp³-hybridized carbons (Fsp3) is 1.00. The summed E-state index contributed by atoms with van der Waals surface area (Å²) in [4.78, 5) is 8.19. The highest BCUT2D eigenvalue weighted by molar-refractivity contribution is 6.10. The van der Waals surface area contributed by atoms with Gasteiger partial charge in [0.2, 0.25) is 0 Å². The molecular formula is C6H14BNO4. The van der Waals surface area contributed by atoms with E-state index in [0.717, 1.165) is 0 Å². The molecule has 0 aliphatic carbocycles. The largest absolute Gasteiger partial charge is 0.382 e. The van der Waals surface area contributed by atoms with Gasteiger partial charge in [0.25, 0.3) is 0 Å². The van der Waals surface area contributed by atoms with Crippen molar-refractivity contribution in [3.8, 4) is 0 Å². The minimum atomic E-state index is -0.446. The highest BCUT2D eigenvalue weighted by atomic mass is 17.1. The third-order valence-corrected chi connectivity index (χ3v) is 1.24. The summed E-state index contributed by atoms with van der Waals surface area (Å²) >= 11 is 0. The van der Waals surface area contributed by atoms with Gasteiger partial charge in [0, 0.05) is 6.00 Å². The highest BCUT2D eigenvalue weighted by Crippen LogP contribution is 1.99. The van der Waals surface area contributed by atoms with Crippen LogP contribution in [0.1, 0.15) is 13.3 Å². The average Bonchev–Trinajstić information content (AvgIpc) is 2.01. The average molecular weight is 175 g/mol. The summed E-state index contributed by atoms with van der Waals surface area (Å²) in [6.07, 6.45) is 0.259. The summed E-state index contributed by atoms with van der Waals surface area (Å²) in [5.74, 6) is 4.79. The molecule has 0 spiro atoms.